The normalized spacial score (nSPS) is 10.5. The molecule has 72 valence electrons. The zero-order chi connectivity index (χ0) is 10.1. The smallest absolute Gasteiger partial charge is 0.221 e. The van der Waals surface area contributed by atoms with Crippen LogP contribution in [0.4, 0.5) is 4.39 Å². The second-order valence-electron chi connectivity index (χ2n) is 3.09. The van der Waals surface area contributed by atoms with E-state index >= 15 is 0 Å². The van der Waals surface area contributed by atoms with Crippen molar-refractivity contribution in [2.45, 2.75) is 6.92 Å². The van der Waals surface area contributed by atoms with E-state index in [1.165, 1.54) is 13.2 Å². The average Bonchev–Trinajstić information content (AvgIpc) is 2.23. The number of halogens is 1. The van der Waals surface area contributed by atoms with Crippen LogP contribution in [-0.4, -0.2) is 12.1 Å². The summed E-state index contributed by atoms with van der Waals surface area (Å²) in [4.78, 5) is 4.04. The third kappa shape index (κ3) is 1.21. The van der Waals surface area contributed by atoms with E-state index < -0.39 is 0 Å². The number of pyridine rings is 1. The molecule has 1 aromatic heterocycles. The summed E-state index contributed by atoms with van der Waals surface area (Å²) in [7, 11) is 1.53. The molecule has 0 radical (unpaired) electrons. The lowest BCUT2D eigenvalue weighted by Gasteiger charge is -2.07. The van der Waals surface area contributed by atoms with Gasteiger partial charge in [0.05, 0.1) is 7.11 Å². The predicted octanol–water partition coefficient (Wildman–Crippen LogP) is 2.69. The molecule has 0 unspecified atom stereocenters. The molecule has 2 aromatic rings. The molecule has 0 atom stereocenters. The molecule has 1 heterocycles. The average molecular weight is 191 g/mol. The first-order chi connectivity index (χ1) is 6.74. The van der Waals surface area contributed by atoms with Gasteiger partial charge in [0.15, 0.2) is 0 Å². The SMILES string of the molecule is COc1nccc2ccc(F)c(C)c12. The maximum atomic E-state index is 13.3. The molecule has 0 saturated heterocycles. The number of rotatable bonds is 1. The Morgan fingerprint density at radius 3 is 2.79 bits per heavy atom. The zero-order valence-corrected chi connectivity index (χ0v) is 8.04. The van der Waals surface area contributed by atoms with Crippen molar-refractivity contribution in [2.24, 2.45) is 0 Å². The number of methoxy groups -OCH3 is 1. The van der Waals surface area contributed by atoms with Gasteiger partial charge in [-0.15, -0.1) is 0 Å². The number of hydrogen-bond acceptors (Lipinski definition) is 2. The predicted molar refractivity (Wildman–Crippen MR) is 53.0 cm³/mol. The van der Waals surface area contributed by atoms with Gasteiger partial charge in [-0.25, -0.2) is 9.37 Å². The summed E-state index contributed by atoms with van der Waals surface area (Å²) in [6, 6.07) is 5.02. The van der Waals surface area contributed by atoms with E-state index in [1.54, 1.807) is 19.2 Å². The molecule has 0 fully saturated rings. The molecule has 14 heavy (non-hydrogen) atoms. The summed E-state index contributed by atoms with van der Waals surface area (Å²) in [5, 5.41) is 1.69. The number of ether oxygens (including phenoxy) is 1. The second kappa shape index (κ2) is 3.25. The van der Waals surface area contributed by atoms with Gasteiger partial charge in [0.1, 0.15) is 5.82 Å². The molecular formula is C11H10FNO. The van der Waals surface area contributed by atoms with Crippen LogP contribution < -0.4 is 4.74 Å². The van der Waals surface area contributed by atoms with Gasteiger partial charge in [0, 0.05) is 11.6 Å². The molecule has 0 spiro atoms. The molecule has 0 aliphatic heterocycles. The molecule has 0 amide bonds. The van der Waals surface area contributed by atoms with E-state index in [9.17, 15) is 4.39 Å². The molecule has 0 bridgehead atoms. The summed E-state index contributed by atoms with van der Waals surface area (Å²) >= 11 is 0. The first-order valence-corrected chi connectivity index (χ1v) is 4.32. The summed E-state index contributed by atoms with van der Waals surface area (Å²) in [6.45, 7) is 1.72. The van der Waals surface area contributed by atoms with Gasteiger partial charge < -0.3 is 4.74 Å². The fourth-order valence-electron chi connectivity index (χ4n) is 1.53. The van der Waals surface area contributed by atoms with Crippen molar-refractivity contribution in [3.8, 4) is 5.88 Å². The van der Waals surface area contributed by atoms with Crippen LogP contribution in [0.5, 0.6) is 5.88 Å². The van der Waals surface area contributed by atoms with Crippen LogP contribution in [0.25, 0.3) is 10.8 Å². The monoisotopic (exact) mass is 191 g/mol. The summed E-state index contributed by atoms with van der Waals surface area (Å²) in [5.74, 6) is 0.239. The highest BCUT2D eigenvalue weighted by Crippen LogP contribution is 2.27. The Morgan fingerprint density at radius 2 is 2.07 bits per heavy atom. The van der Waals surface area contributed by atoms with Crippen molar-refractivity contribution in [3.63, 3.8) is 0 Å². The van der Waals surface area contributed by atoms with E-state index in [1.807, 2.05) is 6.07 Å². The van der Waals surface area contributed by atoms with Gasteiger partial charge >= 0.3 is 0 Å². The largest absolute Gasteiger partial charge is 0.481 e. The highest BCUT2D eigenvalue weighted by Gasteiger charge is 2.08. The first-order valence-electron chi connectivity index (χ1n) is 4.32. The Hall–Kier alpha value is -1.64. The van der Waals surface area contributed by atoms with Crippen LogP contribution >= 0.6 is 0 Å². The fraction of sp³-hybridized carbons (Fsp3) is 0.182. The van der Waals surface area contributed by atoms with Gasteiger partial charge in [-0.3, -0.25) is 0 Å². The molecule has 2 nitrogen and oxygen atoms in total. The lowest BCUT2D eigenvalue weighted by atomic mass is 10.1. The highest BCUT2D eigenvalue weighted by atomic mass is 19.1. The van der Waals surface area contributed by atoms with Crippen LogP contribution in [0.15, 0.2) is 24.4 Å². The number of aryl methyl sites for hydroxylation is 1. The Balaban J connectivity index is 2.89. The van der Waals surface area contributed by atoms with Gasteiger partial charge in [0.25, 0.3) is 0 Å². The van der Waals surface area contributed by atoms with Crippen LogP contribution in [0.1, 0.15) is 5.56 Å². The minimum absolute atomic E-state index is 0.233. The van der Waals surface area contributed by atoms with Gasteiger partial charge in [0.2, 0.25) is 5.88 Å². The van der Waals surface area contributed by atoms with Crippen molar-refractivity contribution in [3.05, 3.63) is 35.8 Å². The fourth-order valence-corrected chi connectivity index (χ4v) is 1.53. The zero-order valence-electron chi connectivity index (χ0n) is 8.04. The Bertz CT molecular complexity index is 482. The molecule has 0 N–H and O–H groups in total. The molecule has 3 heteroatoms. The van der Waals surface area contributed by atoms with Crippen LogP contribution in [-0.2, 0) is 0 Å². The highest BCUT2D eigenvalue weighted by molar-refractivity contribution is 5.89. The minimum atomic E-state index is -0.233. The van der Waals surface area contributed by atoms with Crippen molar-refractivity contribution < 1.29 is 9.13 Å². The van der Waals surface area contributed by atoms with Crippen molar-refractivity contribution in [2.75, 3.05) is 7.11 Å². The maximum Gasteiger partial charge on any atom is 0.221 e. The standard InChI is InChI=1S/C11H10FNO/c1-7-9(12)4-3-8-5-6-13-11(14-2)10(7)8/h3-6H,1-2H3. The molecule has 0 aliphatic rings. The van der Waals surface area contributed by atoms with Gasteiger partial charge in [-0.1, -0.05) is 6.07 Å². The van der Waals surface area contributed by atoms with Crippen LogP contribution in [0.3, 0.4) is 0 Å². The summed E-state index contributed by atoms with van der Waals surface area (Å²) in [6.07, 6.45) is 1.65. The van der Waals surface area contributed by atoms with E-state index in [0.29, 0.717) is 11.4 Å². The summed E-state index contributed by atoms with van der Waals surface area (Å²) in [5.41, 5.74) is 0.576. The van der Waals surface area contributed by atoms with Crippen molar-refractivity contribution in [1.29, 1.82) is 0 Å². The number of fused-ring (bicyclic) bond motifs is 1. The topological polar surface area (TPSA) is 22.1 Å². The molecular weight excluding hydrogens is 181 g/mol. The Morgan fingerprint density at radius 1 is 1.29 bits per heavy atom. The first kappa shape index (κ1) is 8.94. The third-order valence-corrected chi connectivity index (χ3v) is 2.28. The molecule has 2 rings (SSSR count). The number of hydrogen-bond donors (Lipinski definition) is 0. The van der Waals surface area contributed by atoms with Gasteiger partial charge in [-0.05, 0) is 30.0 Å². The van der Waals surface area contributed by atoms with Crippen molar-refractivity contribution in [1.82, 2.24) is 4.98 Å². The summed E-state index contributed by atoms with van der Waals surface area (Å²) < 4.78 is 18.4. The van der Waals surface area contributed by atoms with E-state index in [0.717, 1.165) is 10.8 Å². The number of nitrogens with zero attached hydrogens (tertiary/aromatic N) is 1. The molecule has 1 aromatic carbocycles. The minimum Gasteiger partial charge on any atom is -0.481 e. The molecule has 0 saturated carbocycles. The second-order valence-corrected chi connectivity index (χ2v) is 3.09. The number of aromatic nitrogens is 1. The number of benzene rings is 1. The lowest BCUT2D eigenvalue weighted by molar-refractivity contribution is 0.403. The van der Waals surface area contributed by atoms with Gasteiger partial charge in [-0.2, -0.15) is 0 Å². The van der Waals surface area contributed by atoms with E-state index in [4.69, 9.17) is 4.74 Å². The quantitative estimate of drug-likeness (QED) is 0.691. The van der Waals surface area contributed by atoms with E-state index in [2.05, 4.69) is 4.98 Å². The molecule has 0 aliphatic carbocycles. The van der Waals surface area contributed by atoms with Crippen LogP contribution in [0.2, 0.25) is 0 Å². The van der Waals surface area contributed by atoms with E-state index in [-0.39, 0.29) is 5.82 Å². The Labute approximate surface area is 81.3 Å². The maximum absolute atomic E-state index is 13.3. The lowest BCUT2D eigenvalue weighted by Crippen LogP contribution is -1.92. The van der Waals surface area contributed by atoms with Crippen molar-refractivity contribution >= 4 is 10.8 Å². The van der Waals surface area contributed by atoms with Crippen LogP contribution in [0, 0.1) is 12.7 Å². The Kier molecular flexibility index (Phi) is 2.08. The third-order valence-electron chi connectivity index (χ3n) is 2.28.